The van der Waals surface area contributed by atoms with E-state index in [0.717, 1.165) is 11.4 Å². The molecule has 0 saturated carbocycles. The molecule has 2 saturated heterocycles. The lowest BCUT2D eigenvalue weighted by atomic mass is 9.83. The molecule has 0 spiro atoms. The summed E-state index contributed by atoms with van der Waals surface area (Å²) in [5, 5.41) is 14.9. The maximum atomic E-state index is 13.2. The summed E-state index contributed by atoms with van der Waals surface area (Å²) in [6, 6.07) is 14.3. The van der Waals surface area contributed by atoms with Crippen LogP contribution >= 0.6 is 0 Å². The Labute approximate surface area is 213 Å². The molecule has 1 aromatic heterocycles. The number of imide groups is 2. The maximum absolute atomic E-state index is 13.2. The largest absolute Gasteiger partial charge is 0.385 e. The van der Waals surface area contributed by atoms with E-state index >= 15 is 0 Å². The van der Waals surface area contributed by atoms with Gasteiger partial charge in [0.1, 0.15) is 6.04 Å². The zero-order valence-corrected chi connectivity index (χ0v) is 20.6. The van der Waals surface area contributed by atoms with Crippen LogP contribution in [0.15, 0.2) is 48.5 Å². The smallest absolute Gasteiger partial charge is 0.262 e. The van der Waals surface area contributed by atoms with Crippen molar-refractivity contribution in [1.82, 2.24) is 19.7 Å². The number of amides is 4. The minimum atomic E-state index is -1.12. The highest BCUT2D eigenvalue weighted by molar-refractivity contribution is 6.23. The van der Waals surface area contributed by atoms with Gasteiger partial charge < -0.3 is 9.67 Å². The number of carbonyl (C=O) groups excluding carboxylic acids is 4. The van der Waals surface area contributed by atoms with Crippen LogP contribution in [-0.4, -0.2) is 62.2 Å². The van der Waals surface area contributed by atoms with Crippen LogP contribution in [0.4, 0.5) is 0 Å². The third-order valence-electron chi connectivity index (χ3n) is 8.10. The SMILES string of the molecule is Cn1c(CN2CCC(O)(c3ccc4c(c3)C(=O)N(C3CCC(=O)NC3=O)C4=O)CC2)cc2ccccc21. The van der Waals surface area contributed by atoms with Crippen molar-refractivity contribution in [3.8, 4) is 0 Å². The summed E-state index contributed by atoms with van der Waals surface area (Å²) in [5.41, 5.74) is 2.29. The van der Waals surface area contributed by atoms with Crippen LogP contribution in [-0.2, 0) is 28.8 Å². The fourth-order valence-corrected chi connectivity index (χ4v) is 5.86. The Morgan fingerprint density at radius 2 is 1.70 bits per heavy atom. The van der Waals surface area contributed by atoms with Gasteiger partial charge in [-0.15, -0.1) is 0 Å². The Kier molecular flexibility index (Phi) is 5.50. The van der Waals surface area contributed by atoms with Crippen molar-refractivity contribution in [1.29, 1.82) is 0 Å². The first kappa shape index (κ1) is 23.6. The van der Waals surface area contributed by atoms with Crippen molar-refractivity contribution in [2.24, 2.45) is 7.05 Å². The summed E-state index contributed by atoms with van der Waals surface area (Å²) in [5.74, 6) is -2.15. The van der Waals surface area contributed by atoms with Gasteiger partial charge in [-0.05, 0) is 54.5 Å². The summed E-state index contributed by atoms with van der Waals surface area (Å²) in [7, 11) is 2.07. The van der Waals surface area contributed by atoms with Gasteiger partial charge in [0.05, 0.1) is 16.7 Å². The number of likely N-dealkylation sites (tertiary alicyclic amines) is 1. The number of aromatic nitrogens is 1. The number of rotatable bonds is 4. The molecule has 37 heavy (non-hydrogen) atoms. The van der Waals surface area contributed by atoms with Gasteiger partial charge in [-0.25, -0.2) is 0 Å². The molecule has 2 fully saturated rings. The second-order valence-electron chi connectivity index (χ2n) is 10.3. The lowest BCUT2D eigenvalue weighted by Crippen LogP contribution is -2.54. The van der Waals surface area contributed by atoms with E-state index in [1.807, 2.05) is 12.1 Å². The Hall–Kier alpha value is -3.82. The van der Waals surface area contributed by atoms with Crippen LogP contribution in [0, 0.1) is 0 Å². The molecule has 0 bridgehead atoms. The monoisotopic (exact) mass is 500 g/mol. The molecule has 1 atom stereocenters. The average molecular weight is 501 g/mol. The average Bonchev–Trinajstić information content (AvgIpc) is 3.34. The van der Waals surface area contributed by atoms with Gasteiger partial charge in [-0.3, -0.25) is 34.3 Å². The Morgan fingerprint density at radius 3 is 2.43 bits per heavy atom. The van der Waals surface area contributed by atoms with Crippen LogP contribution in [0.3, 0.4) is 0 Å². The van der Waals surface area contributed by atoms with E-state index in [0.29, 0.717) is 31.5 Å². The van der Waals surface area contributed by atoms with Crippen LogP contribution in [0.25, 0.3) is 10.9 Å². The van der Waals surface area contributed by atoms with Gasteiger partial charge in [0, 0.05) is 44.3 Å². The van der Waals surface area contributed by atoms with Gasteiger partial charge in [-0.2, -0.15) is 0 Å². The summed E-state index contributed by atoms with van der Waals surface area (Å²) in [6.07, 6.45) is 1.17. The predicted octanol–water partition coefficient (Wildman–Crippen LogP) is 2.06. The highest BCUT2D eigenvalue weighted by atomic mass is 16.3. The van der Waals surface area contributed by atoms with E-state index < -0.39 is 35.3 Å². The quantitative estimate of drug-likeness (QED) is 0.531. The molecule has 0 radical (unpaired) electrons. The molecule has 9 nitrogen and oxygen atoms in total. The molecule has 2 N–H and O–H groups in total. The van der Waals surface area contributed by atoms with Gasteiger partial charge in [0.25, 0.3) is 11.8 Å². The molecular weight excluding hydrogens is 472 g/mol. The number of benzene rings is 2. The summed E-state index contributed by atoms with van der Waals surface area (Å²) < 4.78 is 2.20. The zero-order valence-electron chi connectivity index (χ0n) is 20.6. The standard InChI is InChI=1S/C28H28N4O5/c1-30-19(14-17-4-2-3-5-22(17)30)16-31-12-10-28(37,11-13-31)18-6-7-20-21(15-18)27(36)32(26(20)35)23-8-9-24(33)29-25(23)34/h2-7,14-15,23,37H,8-13,16H2,1H3,(H,29,33,34). The van der Waals surface area contributed by atoms with Crippen molar-refractivity contribution in [2.45, 2.75) is 43.9 Å². The first-order valence-corrected chi connectivity index (χ1v) is 12.6. The van der Waals surface area contributed by atoms with Gasteiger partial charge in [0.2, 0.25) is 11.8 Å². The number of carbonyl (C=O) groups is 4. The third-order valence-corrected chi connectivity index (χ3v) is 8.10. The fraction of sp³-hybridized carbons (Fsp3) is 0.357. The van der Waals surface area contributed by atoms with Crippen molar-refractivity contribution in [2.75, 3.05) is 13.1 Å². The van der Waals surface area contributed by atoms with Gasteiger partial charge in [0.15, 0.2) is 0 Å². The number of nitrogens with zero attached hydrogens (tertiary/aromatic N) is 3. The van der Waals surface area contributed by atoms with Gasteiger partial charge >= 0.3 is 0 Å². The first-order chi connectivity index (χ1) is 17.7. The van der Waals surface area contributed by atoms with E-state index in [1.165, 1.54) is 16.6 Å². The van der Waals surface area contributed by atoms with Crippen molar-refractivity contribution >= 4 is 34.5 Å². The van der Waals surface area contributed by atoms with Gasteiger partial charge in [-0.1, -0.05) is 24.3 Å². The van der Waals surface area contributed by atoms with E-state index in [1.54, 1.807) is 18.2 Å². The van der Waals surface area contributed by atoms with Crippen molar-refractivity contribution in [3.05, 3.63) is 70.9 Å². The second kappa shape index (κ2) is 8.64. The number of fused-ring (bicyclic) bond motifs is 2. The van der Waals surface area contributed by atoms with E-state index in [4.69, 9.17) is 0 Å². The minimum Gasteiger partial charge on any atom is -0.385 e. The molecule has 4 heterocycles. The molecule has 3 aromatic rings. The molecule has 3 aliphatic heterocycles. The Balaban J connectivity index is 1.17. The van der Waals surface area contributed by atoms with Crippen molar-refractivity contribution in [3.63, 3.8) is 0 Å². The Morgan fingerprint density at radius 1 is 0.973 bits per heavy atom. The van der Waals surface area contributed by atoms with Crippen LogP contribution in [0.2, 0.25) is 0 Å². The van der Waals surface area contributed by atoms with Crippen molar-refractivity contribution < 1.29 is 24.3 Å². The molecule has 4 amide bonds. The second-order valence-corrected chi connectivity index (χ2v) is 10.3. The summed E-state index contributed by atoms with van der Waals surface area (Å²) >= 11 is 0. The number of hydrogen-bond donors (Lipinski definition) is 2. The maximum Gasteiger partial charge on any atom is 0.262 e. The number of aliphatic hydroxyl groups is 1. The molecule has 6 rings (SSSR count). The van der Waals surface area contributed by atoms with E-state index in [2.05, 4.69) is 40.0 Å². The Bertz CT molecular complexity index is 1470. The summed E-state index contributed by atoms with van der Waals surface area (Å²) in [4.78, 5) is 53.2. The first-order valence-electron chi connectivity index (χ1n) is 12.6. The molecule has 0 aliphatic carbocycles. The normalized spacial score (nSPS) is 22.0. The number of para-hydroxylation sites is 1. The number of hydrogen-bond acceptors (Lipinski definition) is 6. The lowest BCUT2D eigenvalue weighted by Gasteiger charge is -2.38. The molecule has 190 valence electrons. The van der Waals surface area contributed by atoms with E-state index in [9.17, 15) is 24.3 Å². The topological polar surface area (TPSA) is 112 Å². The highest BCUT2D eigenvalue weighted by Crippen LogP contribution is 2.37. The molecule has 9 heteroatoms. The van der Waals surface area contributed by atoms with E-state index in [-0.39, 0.29) is 24.0 Å². The molecule has 1 unspecified atom stereocenters. The zero-order chi connectivity index (χ0) is 25.9. The van der Waals surface area contributed by atoms with Crippen LogP contribution in [0.1, 0.15) is 57.7 Å². The predicted molar refractivity (Wildman–Crippen MR) is 134 cm³/mol. The number of nitrogens with one attached hydrogen (secondary N) is 1. The fourth-order valence-electron chi connectivity index (χ4n) is 5.86. The highest BCUT2D eigenvalue weighted by Gasteiger charge is 2.45. The third kappa shape index (κ3) is 3.86. The van der Waals surface area contributed by atoms with Crippen LogP contribution < -0.4 is 5.32 Å². The molecular formula is C28H28N4O5. The summed E-state index contributed by atoms with van der Waals surface area (Å²) in [6.45, 7) is 2.15. The minimum absolute atomic E-state index is 0.0735. The molecule has 3 aliphatic rings. The van der Waals surface area contributed by atoms with Crippen LogP contribution in [0.5, 0.6) is 0 Å². The number of aryl methyl sites for hydroxylation is 1. The lowest BCUT2D eigenvalue weighted by molar-refractivity contribution is -0.136. The number of piperidine rings is 2. The molecule has 2 aromatic carbocycles.